The molecule has 0 saturated heterocycles. The first kappa shape index (κ1) is 12.6. The molecule has 0 spiro atoms. The van der Waals surface area contributed by atoms with Gasteiger partial charge < -0.3 is 4.98 Å². The lowest BCUT2D eigenvalue weighted by Gasteiger charge is -2.31. The van der Waals surface area contributed by atoms with Crippen LogP contribution in [0.3, 0.4) is 0 Å². The number of aromatic nitrogens is 2. The summed E-state index contributed by atoms with van der Waals surface area (Å²) < 4.78 is 0. The molecule has 1 aliphatic rings. The lowest BCUT2D eigenvalue weighted by atomic mass is 9.99. The zero-order chi connectivity index (χ0) is 14.5. The smallest absolute Gasteiger partial charge is 0.261 e. The lowest BCUT2D eigenvalue weighted by molar-refractivity contribution is 0.0982. The average molecular weight is 269 g/mol. The van der Waals surface area contributed by atoms with Gasteiger partial charge in [-0.1, -0.05) is 0 Å². The Labute approximate surface area is 116 Å². The van der Waals surface area contributed by atoms with E-state index in [1.54, 1.807) is 23.4 Å². The van der Waals surface area contributed by atoms with Crippen molar-refractivity contribution in [3.63, 3.8) is 0 Å². The summed E-state index contributed by atoms with van der Waals surface area (Å²) in [6.07, 6.45) is 3.41. The van der Waals surface area contributed by atoms with Crippen LogP contribution in [0.1, 0.15) is 35.5 Å². The molecule has 1 amide bonds. The number of H-pyrrole nitrogens is 1. The van der Waals surface area contributed by atoms with Gasteiger partial charge in [0.1, 0.15) is 0 Å². The quantitative estimate of drug-likeness (QED) is 0.860. The lowest BCUT2D eigenvalue weighted by Crippen LogP contribution is -2.40. The van der Waals surface area contributed by atoms with E-state index in [4.69, 9.17) is 0 Å². The third-order valence-electron chi connectivity index (χ3n) is 3.64. The van der Waals surface area contributed by atoms with Crippen LogP contribution in [0.25, 0.3) is 0 Å². The third-order valence-corrected chi connectivity index (χ3v) is 3.64. The largest absolute Gasteiger partial charge is 0.323 e. The molecule has 102 valence electrons. The molecule has 5 heteroatoms. The van der Waals surface area contributed by atoms with E-state index in [0.717, 1.165) is 11.3 Å². The number of hydrogen-bond donors (Lipinski definition) is 1. The first-order valence-corrected chi connectivity index (χ1v) is 6.41. The predicted octanol–water partition coefficient (Wildman–Crippen LogP) is 1.97. The van der Waals surface area contributed by atoms with Gasteiger partial charge in [-0.25, -0.2) is 0 Å². The monoisotopic (exact) mass is 269 g/mol. The van der Waals surface area contributed by atoms with Crippen LogP contribution >= 0.6 is 0 Å². The van der Waals surface area contributed by atoms with E-state index >= 15 is 0 Å². The molecule has 0 aliphatic carbocycles. The maximum atomic E-state index is 12.6. The Balaban J connectivity index is 2.21. The maximum absolute atomic E-state index is 12.6. The summed E-state index contributed by atoms with van der Waals surface area (Å²) >= 11 is 0. The number of amides is 1. The molecule has 0 radical (unpaired) electrons. The molecule has 0 unspecified atom stereocenters. The van der Waals surface area contributed by atoms with Crippen LogP contribution in [0.2, 0.25) is 0 Å². The van der Waals surface area contributed by atoms with Crippen molar-refractivity contribution in [2.45, 2.75) is 26.3 Å². The minimum atomic E-state index is -0.609. The van der Waals surface area contributed by atoms with E-state index < -0.39 is 5.54 Å². The van der Waals surface area contributed by atoms with Gasteiger partial charge in [0.2, 0.25) is 5.56 Å². The number of nitrogens with zero attached hydrogens (tertiary/aromatic N) is 2. The normalized spacial score (nSPS) is 16.4. The van der Waals surface area contributed by atoms with Crippen molar-refractivity contribution in [3.8, 4) is 0 Å². The number of carbonyl (C=O) groups excluding carboxylic acids is 1. The summed E-state index contributed by atoms with van der Waals surface area (Å²) in [5.74, 6) is -0.117. The number of aryl methyl sites for hydroxylation is 1. The van der Waals surface area contributed by atoms with Crippen molar-refractivity contribution < 1.29 is 4.79 Å². The Morgan fingerprint density at radius 1 is 1.20 bits per heavy atom. The fourth-order valence-electron chi connectivity index (χ4n) is 2.72. The van der Waals surface area contributed by atoms with Crippen LogP contribution in [0.15, 0.2) is 35.4 Å². The summed E-state index contributed by atoms with van der Waals surface area (Å²) in [4.78, 5) is 32.7. The van der Waals surface area contributed by atoms with E-state index in [9.17, 15) is 9.59 Å². The molecule has 0 saturated carbocycles. The van der Waals surface area contributed by atoms with E-state index in [1.165, 1.54) is 6.07 Å². The number of pyridine rings is 2. The molecule has 3 rings (SSSR count). The predicted molar refractivity (Wildman–Crippen MR) is 75.9 cm³/mol. The van der Waals surface area contributed by atoms with Gasteiger partial charge in [0.05, 0.1) is 28.7 Å². The summed E-state index contributed by atoms with van der Waals surface area (Å²) in [6.45, 7) is 5.75. The fourth-order valence-corrected chi connectivity index (χ4v) is 2.72. The second-order valence-electron chi connectivity index (χ2n) is 5.53. The van der Waals surface area contributed by atoms with Crippen molar-refractivity contribution in [2.75, 3.05) is 4.90 Å². The molecule has 0 bridgehead atoms. The molecule has 20 heavy (non-hydrogen) atoms. The first-order valence-electron chi connectivity index (χ1n) is 6.41. The molecule has 1 aliphatic heterocycles. The molecule has 2 aromatic rings. The molecule has 1 N–H and O–H groups in total. The highest BCUT2D eigenvalue weighted by Gasteiger charge is 2.44. The Hall–Kier alpha value is -2.43. The molecular weight excluding hydrogens is 254 g/mol. The SMILES string of the molecule is Cc1cncc(N2C(=O)c3ccc(=O)[nH]c3C2(C)C)c1. The van der Waals surface area contributed by atoms with Gasteiger partial charge in [0, 0.05) is 12.3 Å². The van der Waals surface area contributed by atoms with Gasteiger partial charge in [-0.3, -0.25) is 19.5 Å². The molecule has 3 heterocycles. The molecule has 5 nitrogen and oxygen atoms in total. The number of nitrogens with one attached hydrogen (secondary N) is 1. The van der Waals surface area contributed by atoms with Crippen LogP contribution in [-0.4, -0.2) is 15.9 Å². The summed E-state index contributed by atoms with van der Waals surface area (Å²) in [5.41, 5.74) is 2.09. The van der Waals surface area contributed by atoms with Crippen molar-refractivity contribution in [2.24, 2.45) is 0 Å². The Kier molecular flexibility index (Phi) is 2.54. The molecular formula is C15H15N3O2. The zero-order valence-electron chi connectivity index (χ0n) is 11.6. The van der Waals surface area contributed by atoms with Crippen molar-refractivity contribution in [3.05, 3.63) is 57.8 Å². The third kappa shape index (κ3) is 1.66. The highest BCUT2D eigenvalue weighted by molar-refractivity contribution is 6.11. The van der Waals surface area contributed by atoms with Gasteiger partial charge in [-0.2, -0.15) is 0 Å². The van der Waals surface area contributed by atoms with Gasteiger partial charge in [-0.05, 0) is 38.5 Å². The minimum Gasteiger partial charge on any atom is -0.323 e. The molecule has 0 aromatic carbocycles. The summed E-state index contributed by atoms with van der Waals surface area (Å²) in [5, 5.41) is 0. The first-order chi connectivity index (χ1) is 9.41. The highest BCUT2D eigenvalue weighted by atomic mass is 16.2. The Bertz CT molecular complexity index is 762. The zero-order valence-corrected chi connectivity index (χ0v) is 11.6. The Morgan fingerprint density at radius 2 is 1.95 bits per heavy atom. The number of rotatable bonds is 1. The molecule has 0 fully saturated rings. The van der Waals surface area contributed by atoms with Crippen LogP contribution in [0.5, 0.6) is 0 Å². The van der Waals surface area contributed by atoms with Crippen molar-refractivity contribution >= 4 is 11.6 Å². The maximum Gasteiger partial charge on any atom is 0.261 e. The summed E-state index contributed by atoms with van der Waals surface area (Å²) in [6, 6.07) is 4.88. The number of fused-ring (bicyclic) bond motifs is 1. The van der Waals surface area contributed by atoms with Crippen LogP contribution in [-0.2, 0) is 5.54 Å². The number of carbonyl (C=O) groups is 1. The second kappa shape index (κ2) is 4.03. The van der Waals surface area contributed by atoms with E-state index in [-0.39, 0.29) is 11.5 Å². The van der Waals surface area contributed by atoms with Gasteiger partial charge in [0.25, 0.3) is 5.91 Å². The minimum absolute atomic E-state index is 0.117. The topological polar surface area (TPSA) is 66.1 Å². The van der Waals surface area contributed by atoms with Crippen LogP contribution in [0, 0.1) is 6.92 Å². The van der Waals surface area contributed by atoms with Crippen molar-refractivity contribution in [1.29, 1.82) is 0 Å². The van der Waals surface area contributed by atoms with Crippen LogP contribution < -0.4 is 10.5 Å². The van der Waals surface area contributed by atoms with Gasteiger partial charge in [0.15, 0.2) is 0 Å². The van der Waals surface area contributed by atoms with E-state index in [1.807, 2.05) is 26.8 Å². The number of aromatic amines is 1. The number of anilines is 1. The van der Waals surface area contributed by atoms with E-state index in [0.29, 0.717) is 11.3 Å². The average Bonchev–Trinajstić information content (AvgIpc) is 2.57. The van der Waals surface area contributed by atoms with Crippen LogP contribution in [0.4, 0.5) is 5.69 Å². The standard InChI is InChI=1S/C15H15N3O2/c1-9-6-10(8-16-7-9)18-14(20)11-4-5-12(19)17-13(11)15(18,2)3/h4-8H,1-3H3,(H,17,19). The van der Waals surface area contributed by atoms with Crippen molar-refractivity contribution in [1.82, 2.24) is 9.97 Å². The van der Waals surface area contributed by atoms with Gasteiger partial charge in [-0.15, -0.1) is 0 Å². The highest BCUT2D eigenvalue weighted by Crippen LogP contribution is 2.39. The fraction of sp³-hybridized carbons (Fsp3) is 0.267. The number of hydrogen-bond acceptors (Lipinski definition) is 3. The Morgan fingerprint density at radius 3 is 2.65 bits per heavy atom. The molecule has 0 atom stereocenters. The molecule has 2 aromatic heterocycles. The van der Waals surface area contributed by atoms with Gasteiger partial charge >= 0.3 is 0 Å². The van der Waals surface area contributed by atoms with E-state index in [2.05, 4.69) is 9.97 Å². The second-order valence-corrected chi connectivity index (χ2v) is 5.53. The summed E-state index contributed by atoms with van der Waals surface area (Å²) in [7, 11) is 0.